The maximum absolute atomic E-state index is 13.0. The number of anilines is 2. The van der Waals surface area contributed by atoms with Crippen LogP contribution in [0.2, 0.25) is 0 Å². The average Bonchev–Trinajstić information content (AvgIpc) is 2.58. The Hall–Kier alpha value is -1.36. The molecule has 1 heterocycles. The number of hydrogen-bond acceptors (Lipinski definition) is 3. The van der Waals surface area contributed by atoms with Gasteiger partial charge in [-0.2, -0.15) is 0 Å². The molecule has 1 saturated heterocycles. The second kappa shape index (κ2) is 7.90. The molecule has 7 heteroatoms. The van der Waals surface area contributed by atoms with Gasteiger partial charge in [0.2, 0.25) is 5.91 Å². The Morgan fingerprint density at radius 3 is 2.00 bits per heavy atom. The van der Waals surface area contributed by atoms with Crippen LogP contribution >= 0.6 is 45.2 Å². The van der Waals surface area contributed by atoms with Crippen molar-refractivity contribution in [3.05, 3.63) is 55.7 Å². The van der Waals surface area contributed by atoms with Gasteiger partial charge in [0.1, 0.15) is 6.04 Å². The van der Waals surface area contributed by atoms with Crippen LogP contribution in [0.5, 0.6) is 0 Å². The van der Waals surface area contributed by atoms with Gasteiger partial charge in [-0.15, -0.1) is 0 Å². The molecule has 2 aromatic rings. The van der Waals surface area contributed by atoms with E-state index in [4.69, 9.17) is 0 Å². The van der Waals surface area contributed by atoms with E-state index in [1.165, 1.54) is 0 Å². The predicted octanol–water partition coefficient (Wildman–Crippen LogP) is 3.59. The molecular weight excluding hydrogens is 546 g/mol. The number of carboxylic acids is 1. The van der Waals surface area contributed by atoms with E-state index < -0.39 is 12.0 Å². The summed E-state index contributed by atoms with van der Waals surface area (Å²) in [5.74, 6) is -1.15. The van der Waals surface area contributed by atoms with Gasteiger partial charge in [-0.25, -0.2) is 0 Å². The Morgan fingerprint density at radius 1 is 0.960 bits per heavy atom. The Labute approximate surface area is 173 Å². The van der Waals surface area contributed by atoms with Crippen molar-refractivity contribution in [2.24, 2.45) is 0 Å². The monoisotopic (exact) mass is 562 g/mol. The lowest BCUT2D eigenvalue weighted by Gasteiger charge is -2.41. The highest BCUT2D eigenvalue weighted by atomic mass is 127. The highest BCUT2D eigenvalue weighted by Crippen LogP contribution is 2.27. The molecule has 1 amide bonds. The normalized spacial score (nSPS) is 17.7. The van der Waals surface area contributed by atoms with Crippen molar-refractivity contribution in [1.82, 2.24) is 0 Å². The number of nitrogens with zero attached hydrogens (tertiary/aromatic N) is 2. The van der Waals surface area contributed by atoms with E-state index >= 15 is 0 Å². The minimum Gasteiger partial charge on any atom is -0.481 e. The molecule has 1 atom stereocenters. The molecule has 1 aliphatic rings. The van der Waals surface area contributed by atoms with Crippen molar-refractivity contribution >= 4 is 68.4 Å². The summed E-state index contributed by atoms with van der Waals surface area (Å²) in [4.78, 5) is 27.9. The van der Waals surface area contributed by atoms with Crippen LogP contribution in [0.3, 0.4) is 0 Å². The Morgan fingerprint density at radius 2 is 1.48 bits per heavy atom. The van der Waals surface area contributed by atoms with E-state index in [0.29, 0.717) is 13.1 Å². The number of rotatable bonds is 4. The van der Waals surface area contributed by atoms with Crippen molar-refractivity contribution in [3.8, 4) is 0 Å². The van der Waals surface area contributed by atoms with Gasteiger partial charge in [-0.05, 0) is 93.7 Å². The fourth-order valence-corrected chi connectivity index (χ4v) is 3.69. The van der Waals surface area contributed by atoms with E-state index in [1.807, 2.05) is 53.4 Å². The predicted molar refractivity (Wildman–Crippen MR) is 114 cm³/mol. The lowest BCUT2D eigenvalue weighted by atomic mass is 10.0. The number of carboxylic acid groups (broad SMARTS) is 1. The second-order valence-electron chi connectivity index (χ2n) is 5.75. The van der Waals surface area contributed by atoms with Crippen LogP contribution in [0.4, 0.5) is 11.4 Å². The van der Waals surface area contributed by atoms with Crippen molar-refractivity contribution in [2.45, 2.75) is 12.5 Å². The number of carbonyl (C=O) groups is 2. The molecule has 5 nitrogen and oxygen atoms in total. The van der Waals surface area contributed by atoms with Crippen molar-refractivity contribution in [2.75, 3.05) is 22.9 Å². The molecule has 0 aromatic heterocycles. The average molecular weight is 562 g/mol. The van der Waals surface area contributed by atoms with Gasteiger partial charge in [0, 0.05) is 31.6 Å². The zero-order valence-corrected chi connectivity index (χ0v) is 17.5. The van der Waals surface area contributed by atoms with Crippen LogP contribution in [-0.2, 0) is 9.59 Å². The third-order valence-electron chi connectivity index (χ3n) is 4.16. The SMILES string of the molecule is O=C(O)CC1C(=O)N(c2ccc(I)cc2)CCN1c1ccc(I)cc1. The van der Waals surface area contributed by atoms with E-state index in [9.17, 15) is 14.7 Å². The summed E-state index contributed by atoms with van der Waals surface area (Å²) in [6.45, 7) is 1.12. The maximum atomic E-state index is 13.0. The third kappa shape index (κ3) is 4.25. The molecule has 1 fully saturated rings. The quantitative estimate of drug-likeness (QED) is 0.580. The molecule has 0 aliphatic carbocycles. The summed E-state index contributed by atoms with van der Waals surface area (Å²) in [5, 5.41) is 9.29. The standard InChI is InChI=1S/C18H16I2N2O3/c19-12-1-5-14(6-2-12)21-9-10-22(15-7-3-13(20)4-8-15)18(25)16(21)11-17(23)24/h1-8,16H,9-11H2,(H,23,24). The number of aliphatic carboxylic acids is 1. The fraction of sp³-hybridized carbons (Fsp3) is 0.222. The van der Waals surface area contributed by atoms with E-state index in [2.05, 4.69) is 45.2 Å². The van der Waals surface area contributed by atoms with Gasteiger partial charge < -0.3 is 14.9 Å². The minimum atomic E-state index is -0.974. The molecule has 2 aromatic carbocycles. The van der Waals surface area contributed by atoms with Crippen LogP contribution in [0, 0.1) is 7.14 Å². The molecule has 1 unspecified atom stereocenters. The minimum absolute atomic E-state index is 0.173. The highest BCUT2D eigenvalue weighted by Gasteiger charge is 2.37. The Balaban J connectivity index is 1.90. The summed E-state index contributed by atoms with van der Waals surface area (Å²) in [6, 6.07) is 14.8. The van der Waals surface area contributed by atoms with E-state index in [1.54, 1.807) is 4.90 Å². The van der Waals surface area contributed by atoms with Gasteiger partial charge in [-0.3, -0.25) is 9.59 Å². The number of amides is 1. The fourth-order valence-electron chi connectivity index (χ4n) is 2.97. The maximum Gasteiger partial charge on any atom is 0.305 e. The van der Waals surface area contributed by atoms with E-state index in [0.717, 1.165) is 18.5 Å². The van der Waals surface area contributed by atoms with Crippen LogP contribution in [0.1, 0.15) is 6.42 Å². The molecule has 1 N–H and O–H groups in total. The van der Waals surface area contributed by atoms with Gasteiger partial charge in [0.25, 0.3) is 0 Å². The number of halogens is 2. The molecule has 1 aliphatic heterocycles. The summed E-state index contributed by atoms with van der Waals surface area (Å²) in [5.41, 5.74) is 1.69. The lowest BCUT2D eigenvalue weighted by molar-refractivity contribution is -0.139. The topological polar surface area (TPSA) is 60.9 Å². The van der Waals surface area contributed by atoms with Gasteiger partial charge >= 0.3 is 5.97 Å². The molecule has 0 spiro atoms. The summed E-state index contributed by atoms with van der Waals surface area (Å²) in [7, 11) is 0. The van der Waals surface area contributed by atoms with Gasteiger partial charge in [0.15, 0.2) is 0 Å². The number of piperazine rings is 1. The number of hydrogen-bond donors (Lipinski definition) is 1. The molecule has 0 radical (unpaired) electrons. The lowest BCUT2D eigenvalue weighted by Crippen LogP contribution is -2.58. The molecule has 130 valence electrons. The van der Waals surface area contributed by atoms with Crippen LogP contribution in [0.25, 0.3) is 0 Å². The number of benzene rings is 2. The van der Waals surface area contributed by atoms with Crippen molar-refractivity contribution in [3.63, 3.8) is 0 Å². The summed E-state index contributed by atoms with van der Waals surface area (Å²) < 4.78 is 2.19. The van der Waals surface area contributed by atoms with Crippen LogP contribution in [-0.4, -0.2) is 36.1 Å². The summed E-state index contributed by atoms with van der Waals surface area (Å²) >= 11 is 4.44. The van der Waals surface area contributed by atoms with E-state index in [-0.39, 0.29) is 12.3 Å². The van der Waals surface area contributed by atoms with Crippen LogP contribution < -0.4 is 9.80 Å². The smallest absolute Gasteiger partial charge is 0.305 e. The molecular formula is C18H16I2N2O3. The molecule has 25 heavy (non-hydrogen) atoms. The second-order valence-corrected chi connectivity index (χ2v) is 8.24. The summed E-state index contributed by atoms with van der Waals surface area (Å²) in [6.07, 6.45) is -0.217. The zero-order valence-electron chi connectivity index (χ0n) is 13.2. The first-order valence-electron chi connectivity index (χ1n) is 7.76. The third-order valence-corrected chi connectivity index (χ3v) is 5.59. The molecule has 3 rings (SSSR count). The Bertz CT molecular complexity index is 778. The highest BCUT2D eigenvalue weighted by molar-refractivity contribution is 14.1. The molecule has 0 saturated carbocycles. The molecule has 0 bridgehead atoms. The first-order chi connectivity index (χ1) is 12.0. The Kier molecular flexibility index (Phi) is 5.82. The first-order valence-corrected chi connectivity index (χ1v) is 9.92. The van der Waals surface area contributed by atoms with Crippen molar-refractivity contribution < 1.29 is 14.7 Å². The van der Waals surface area contributed by atoms with Crippen LogP contribution in [0.15, 0.2) is 48.5 Å². The number of carbonyl (C=O) groups excluding carboxylic acids is 1. The van der Waals surface area contributed by atoms with Crippen molar-refractivity contribution in [1.29, 1.82) is 0 Å². The van der Waals surface area contributed by atoms with Gasteiger partial charge in [0.05, 0.1) is 6.42 Å². The van der Waals surface area contributed by atoms with Gasteiger partial charge in [-0.1, -0.05) is 0 Å². The first kappa shape index (κ1) is 18.4. The zero-order chi connectivity index (χ0) is 18.0. The largest absolute Gasteiger partial charge is 0.481 e.